The van der Waals surface area contributed by atoms with Crippen LogP contribution in [0.5, 0.6) is 0 Å². The Bertz CT molecular complexity index is 149. The number of nitrogens with one attached hydrogen (secondary N) is 1. The Morgan fingerprint density at radius 1 is 1.43 bits per heavy atom. The van der Waals surface area contributed by atoms with Crippen LogP contribution < -0.4 is 5.32 Å². The summed E-state index contributed by atoms with van der Waals surface area (Å²) in [6.07, 6.45) is 5.39. The highest BCUT2D eigenvalue weighted by molar-refractivity contribution is 4.71. The summed E-state index contributed by atoms with van der Waals surface area (Å²) < 4.78 is 5.72. The standard InChI is InChI=1S/C12H25NO/c1-6-7-8-9-11(13-5)10-14-12(2,3)4/h6,11,13H,1,7-10H2,2-5H3. The highest BCUT2D eigenvalue weighted by atomic mass is 16.5. The van der Waals surface area contributed by atoms with Gasteiger partial charge in [0.15, 0.2) is 0 Å². The van der Waals surface area contributed by atoms with Crippen molar-refractivity contribution in [2.45, 2.75) is 51.7 Å². The molecule has 1 atom stereocenters. The van der Waals surface area contributed by atoms with E-state index in [0.717, 1.165) is 19.4 Å². The summed E-state index contributed by atoms with van der Waals surface area (Å²) in [5.41, 5.74) is -0.0342. The van der Waals surface area contributed by atoms with Crippen molar-refractivity contribution >= 4 is 0 Å². The fourth-order valence-electron chi connectivity index (χ4n) is 1.17. The molecular weight excluding hydrogens is 174 g/mol. The molecule has 0 saturated heterocycles. The van der Waals surface area contributed by atoms with Crippen molar-refractivity contribution in [1.82, 2.24) is 5.32 Å². The predicted octanol–water partition coefficient (Wildman–Crippen LogP) is 2.75. The largest absolute Gasteiger partial charge is 0.374 e. The van der Waals surface area contributed by atoms with Crippen molar-refractivity contribution in [3.8, 4) is 0 Å². The maximum absolute atomic E-state index is 5.72. The van der Waals surface area contributed by atoms with Gasteiger partial charge >= 0.3 is 0 Å². The van der Waals surface area contributed by atoms with Gasteiger partial charge in [0.05, 0.1) is 12.2 Å². The Morgan fingerprint density at radius 2 is 2.07 bits per heavy atom. The topological polar surface area (TPSA) is 21.3 Å². The third kappa shape index (κ3) is 8.27. The molecule has 0 aromatic rings. The smallest absolute Gasteiger partial charge is 0.0626 e. The van der Waals surface area contributed by atoms with Crippen LogP contribution in [-0.2, 0) is 4.74 Å². The van der Waals surface area contributed by atoms with Gasteiger partial charge in [0.2, 0.25) is 0 Å². The van der Waals surface area contributed by atoms with E-state index in [2.05, 4.69) is 32.7 Å². The Morgan fingerprint density at radius 3 is 2.50 bits per heavy atom. The van der Waals surface area contributed by atoms with Crippen LogP contribution in [0.3, 0.4) is 0 Å². The van der Waals surface area contributed by atoms with Crippen molar-refractivity contribution in [3.05, 3.63) is 12.7 Å². The van der Waals surface area contributed by atoms with E-state index >= 15 is 0 Å². The van der Waals surface area contributed by atoms with E-state index in [1.807, 2.05) is 13.1 Å². The van der Waals surface area contributed by atoms with E-state index < -0.39 is 0 Å². The van der Waals surface area contributed by atoms with Gasteiger partial charge in [0, 0.05) is 6.04 Å². The predicted molar refractivity (Wildman–Crippen MR) is 62.6 cm³/mol. The first-order chi connectivity index (χ1) is 6.49. The molecule has 0 radical (unpaired) electrons. The molecule has 0 rings (SSSR count). The molecule has 0 spiro atoms. The molecule has 1 unspecified atom stereocenters. The van der Waals surface area contributed by atoms with Gasteiger partial charge in [-0.1, -0.05) is 6.08 Å². The summed E-state index contributed by atoms with van der Waals surface area (Å²) in [5.74, 6) is 0. The zero-order valence-electron chi connectivity index (χ0n) is 10.1. The van der Waals surface area contributed by atoms with E-state index in [0.29, 0.717) is 6.04 Å². The quantitative estimate of drug-likeness (QED) is 0.503. The fraction of sp³-hybridized carbons (Fsp3) is 0.833. The van der Waals surface area contributed by atoms with Crippen LogP contribution in [0.2, 0.25) is 0 Å². The number of ether oxygens (including phenoxy) is 1. The lowest BCUT2D eigenvalue weighted by molar-refractivity contribution is -0.0146. The number of rotatable bonds is 7. The minimum absolute atomic E-state index is 0.0342. The number of hydrogen-bond donors (Lipinski definition) is 1. The first kappa shape index (κ1) is 13.7. The van der Waals surface area contributed by atoms with E-state index in [4.69, 9.17) is 4.74 Å². The number of likely N-dealkylation sites (N-methyl/N-ethyl adjacent to an activating group) is 1. The Balaban J connectivity index is 3.63. The molecule has 0 aromatic heterocycles. The molecule has 84 valence electrons. The average molecular weight is 199 g/mol. The monoisotopic (exact) mass is 199 g/mol. The van der Waals surface area contributed by atoms with E-state index in [1.165, 1.54) is 6.42 Å². The van der Waals surface area contributed by atoms with Crippen molar-refractivity contribution in [1.29, 1.82) is 0 Å². The highest BCUT2D eigenvalue weighted by Crippen LogP contribution is 2.09. The van der Waals surface area contributed by atoms with Gasteiger partial charge in [-0.25, -0.2) is 0 Å². The molecule has 0 fully saturated rings. The van der Waals surface area contributed by atoms with Crippen molar-refractivity contribution < 1.29 is 4.74 Å². The van der Waals surface area contributed by atoms with E-state index in [1.54, 1.807) is 0 Å². The van der Waals surface area contributed by atoms with Crippen LogP contribution in [-0.4, -0.2) is 25.3 Å². The first-order valence-electron chi connectivity index (χ1n) is 5.41. The normalized spacial score (nSPS) is 14.0. The van der Waals surface area contributed by atoms with Crippen molar-refractivity contribution in [2.75, 3.05) is 13.7 Å². The third-order valence-corrected chi connectivity index (χ3v) is 2.09. The molecule has 1 N–H and O–H groups in total. The molecule has 0 amide bonds. The highest BCUT2D eigenvalue weighted by Gasteiger charge is 2.13. The SMILES string of the molecule is C=CCCCC(COC(C)(C)C)NC. The summed E-state index contributed by atoms with van der Waals surface area (Å²) in [7, 11) is 1.99. The van der Waals surface area contributed by atoms with Crippen molar-refractivity contribution in [3.63, 3.8) is 0 Å². The molecule has 2 heteroatoms. The molecule has 0 aliphatic heterocycles. The van der Waals surface area contributed by atoms with Gasteiger partial charge in [-0.2, -0.15) is 0 Å². The van der Waals surface area contributed by atoms with E-state index in [-0.39, 0.29) is 5.60 Å². The van der Waals surface area contributed by atoms with Crippen molar-refractivity contribution in [2.24, 2.45) is 0 Å². The van der Waals surface area contributed by atoms with Gasteiger partial charge in [-0.05, 0) is 47.1 Å². The molecule has 0 aliphatic rings. The van der Waals surface area contributed by atoms with Gasteiger partial charge in [0.1, 0.15) is 0 Å². The molecule has 0 heterocycles. The number of hydrogen-bond acceptors (Lipinski definition) is 2. The van der Waals surface area contributed by atoms with Gasteiger partial charge in [0.25, 0.3) is 0 Å². The average Bonchev–Trinajstić information content (AvgIpc) is 2.09. The van der Waals surface area contributed by atoms with Gasteiger partial charge in [-0.3, -0.25) is 0 Å². The van der Waals surface area contributed by atoms with Crippen LogP contribution in [0.4, 0.5) is 0 Å². The Labute approximate surface area is 88.7 Å². The first-order valence-corrected chi connectivity index (χ1v) is 5.41. The maximum Gasteiger partial charge on any atom is 0.0626 e. The van der Waals surface area contributed by atoms with E-state index in [9.17, 15) is 0 Å². The second-order valence-electron chi connectivity index (χ2n) is 4.63. The van der Waals surface area contributed by atoms with Crippen LogP contribution in [0, 0.1) is 0 Å². The maximum atomic E-state index is 5.72. The second kappa shape index (κ2) is 7.02. The third-order valence-electron chi connectivity index (χ3n) is 2.09. The summed E-state index contributed by atoms with van der Waals surface area (Å²) in [6, 6.07) is 0.467. The number of allylic oxidation sites excluding steroid dienone is 1. The summed E-state index contributed by atoms with van der Waals surface area (Å²) in [6.45, 7) is 10.8. The lowest BCUT2D eigenvalue weighted by Gasteiger charge is -2.24. The van der Waals surface area contributed by atoms with Gasteiger partial charge < -0.3 is 10.1 Å². The second-order valence-corrected chi connectivity index (χ2v) is 4.63. The van der Waals surface area contributed by atoms with Crippen LogP contribution >= 0.6 is 0 Å². The fourth-order valence-corrected chi connectivity index (χ4v) is 1.17. The molecule has 14 heavy (non-hydrogen) atoms. The zero-order valence-corrected chi connectivity index (χ0v) is 10.1. The minimum Gasteiger partial charge on any atom is -0.374 e. The Kier molecular flexibility index (Phi) is 6.85. The van der Waals surface area contributed by atoms with Crippen LogP contribution in [0.25, 0.3) is 0 Å². The Hall–Kier alpha value is -0.340. The lowest BCUT2D eigenvalue weighted by atomic mass is 10.1. The zero-order chi connectivity index (χ0) is 11.0. The molecule has 0 saturated carbocycles. The summed E-state index contributed by atoms with van der Waals surface area (Å²) in [5, 5.41) is 3.27. The van der Waals surface area contributed by atoms with Crippen LogP contribution in [0.1, 0.15) is 40.0 Å². The molecule has 0 aromatic carbocycles. The minimum atomic E-state index is -0.0342. The van der Waals surface area contributed by atoms with Gasteiger partial charge in [-0.15, -0.1) is 6.58 Å². The molecule has 0 aliphatic carbocycles. The molecule has 2 nitrogen and oxygen atoms in total. The summed E-state index contributed by atoms with van der Waals surface area (Å²) >= 11 is 0. The molecule has 0 bridgehead atoms. The molecular formula is C12H25NO. The van der Waals surface area contributed by atoms with Crippen LogP contribution in [0.15, 0.2) is 12.7 Å². The number of unbranched alkanes of at least 4 members (excludes halogenated alkanes) is 1. The lowest BCUT2D eigenvalue weighted by Crippen LogP contribution is -2.34. The summed E-state index contributed by atoms with van der Waals surface area (Å²) in [4.78, 5) is 0.